The van der Waals surface area contributed by atoms with Crippen molar-refractivity contribution in [3.63, 3.8) is 0 Å². The summed E-state index contributed by atoms with van der Waals surface area (Å²) < 4.78 is 13.2. The average molecular weight is 405 g/mol. The first-order chi connectivity index (χ1) is 14.4. The maximum atomic E-state index is 13.2. The van der Waals surface area contributed by atoms with Crippen molar-refractivity contribution in [3.8, 4) is 0 Å². The van der Waals surface area contributed by atoms with Crippen LogP contribution in [0.5, 0.6) is 0 Å². The molecule has 4 rings (SSSR count). The van der Waals surface area contributed by atoms with E-state index in [1.165, 1.54) is 12.1 Å². The minimum Gasteiger partial charge on any atom is -0.363 e. The molecule has 0 saturated heterocycles. The molecule has 30 heavy (non-hydrogen) atoms. The van der Waals surface area contributed by atoms with E-state index >= 15 is 0 Å². The van der Waals surface area contributed by atoms with E-state index in [1.807, 2.05) is 56.3 Å². The van der Waals surface area contributed by atoms with Gasteiger partial charge in [-0.15, -0.1) is 0 Å². The van der Waals surface area contributed by atoms with E-state index in [-0.39, 0.29) is 11.7 Å². The minimum absolute atomic E-state index is 0.0585. The molecule has 1 aliphatic carbocycles. The predicted molar refractivity (Wildman–Crippen MR) is 117 cm³/mol. The lowest BCUT2D eigenvalue weighted by molar-refractivity contribution is -0.118. The standard InChI is InChI=1S/C23H24FN5O/c1-15-25-20(14-21(26-15)29(2)3)27-18-8-10-19(11-9-18)28-22(30)23(12-13-23)16-4-6-17(24)7-5-16/h4-11,14H,12-13H2,1-3H3,(H,28,30)(H,25,26,27). The van der Waals surface area contributed by atoms with Crippen molar-refractivity contribution >= 4 is 28.9 Å². The molecule has 0 bridgehead atoms. The minimum atomic E-state index is -0.550. The fraction of sp³-hybridized carbons (Fsp3) is 0.261. The van der Waals surface area contributed by atoms with Crippen molar-refractivity contribution in [2.75, 3.05) is 29.6 Å². The third-order valence-electron chi connectivity index (χ3n) is 5.28. The Bertz CT molecular complexity index is 1060. The maximum Gasteiger partial charge on any atom is 0.235 e. The Kier molecular flexibility index (Phi) is 5.11. The Morgan fingerprint density at radius 1 is 1.00 bits per heavy atom. The van der Waals surface area contributed by atoms with Gasteiger partial charge in [0.2, 0.25) is 5.91 Å². The summed E-state index contributed by atoms with van der Waals surface area (Å²) in [5.74, 6) is 1.86. The first-order valence-electron chi connectivity index (χ1n) is 9.83. The SMILES string of the molecule is Cc1nc(Nc2ccc(NC(=O)C3(c4ccc(F)cc4)CC3)cc2)cc(N(C)C)n1. The molecule has 7 heteroatoms. The van der Waals surface area contributed by atoms with Gasteiger partial charge in [-0.25, -0.2) is 14.4 Å². The molecule has 2 aromatic carbocycles. The number of hydrogen-bond donors (Lipinski definition) is 2. The van der Waals surface area contributed by atoms with Crippen LogP contribution < -0.4 is 15.5 Å². The highest BCUT2D eigenvalue weighted by atomic mass is 19.1. The highest BCUT2D eigenvalue weighted by Gasteiger charge is 2.51. The van der Waals surface area contributed by atoms with Crippen molar-refractivity contribution in [1.29, 1.82) is 0 Å². The van der Waals surface area contributed by atoms with E-state index in [0.29, 0.717) is 17.3 Å². The number of carbonyl (C=O) groups excluding carboxylic acids is 1. The van der Waals surface area contributed by atoms with Crippen LogP contribution in [0.2, 0.25) is 0 Å². The van der Waals surface area contributed by atoms with Crippen LogP contribution in [0.1, 0.15) is 24.2 Å². The van der Waals surface area contributed by atoms with E-state index in [4.69, 9.17) is 0 Å². The lowest BCUT2D eigenvalue weighted by atomic mass is 9.95. The van der Waals surface area contributed by atoms with Crippen LogP contribution in [0.4, 0.5) is 27.4 Å². The van der Waals surface area contributed by atoms with E-state index in [0.717, 1.165) is 29.9 Å². The molecule has 0 radical (unpaired) electrons. The number of rotatable bonds is 6. The third kappa shape index (κ3) is 4.10. The monoisotopic (exact) mass is 405 g/mol. The van der Waals surface area contributed by atoms with Crippen LogP contribution >= 0.6 is 0 Å². The fourth-order valence-corrected chi connectivity index (χ4v) is 3.42. The van der Waals surface area contributed by atoms with E-state index in [9.17, 15) is 9.18 Å². The number of anilines is 4. The normalized spacial score (nSPS) is 14.1. The molecule has 1 heterocycles. The number of benzene rings is 2. The van der Waals surface area contributed by atoms with Gasteiger partial charge in [0.1, 0.15) is 23.3 Å². The number of aromatic nitrogens is 2. The first kappa shape index (κ1) is 19.8. The predicted octanol–water partition coefficient (Wildman–Crippen LogP) is 4.40. The van der Waals surface area contributed by atoms with Gasteiger partial charge in [0.25, 0.3) is 0 Å². The van der Waals surface area contributed by atoms with Gasteiger partial charge in [-0.2, -0.15) is 0 Å². The molecule has 1 aliphatic rings. The van der Waals surface area contributed by atoms with Gasteiger partial charge in [-0.05, 0) is 61.7 Å². The highest BCUT2D eigenvalue weighted by Crippen LogP contribution is 2.49. The van der Waals surface area contributed by atoms with Crippen molar-refractivity contribution in [3.05, 3.63) is 71.8 Å². The van der Waals surface area contributed by atoms with Crippen LogP contribution in [0.3, 0.4) is 0 Å². The largest absolute Gasteiger partial charge is 0.363 e. The van der Waals surface area contributed by atoms with E-state index in [2.05, 4.69) is 20.6 Å². The smallest absolute Gasteiger partial charge is 0.235 e. The summed E-state index contributed by atoms with van der Waals surface area (Å²) in [6.45, 7) is 1.85. The molecule has 0 unspecified atom stereocenters. The van der Waals surface area contributed by atoms with Gasteiger partial charge >= 0.3 is 0 Å². The zero-order valence-electron chi connectivity index (χ0n) is 17.2. The van der Waals surface area contributed by atoms with Crippen LogP contribution in [0.15, 0.2) is 54.6 Å². The number of nitrogens with one attached hydrogen (secondary N) is 2. The van der Waals surface area contributed by atoms with Gasteiger partial charge in [-0.1, -0.05) is 12.1 Å². The van der Waals surface area contributed by atoms with E-state index in [1.54, 1.807) is 12.1 Å². The van der Waals surface area contributed by atoms with Crippen LogP contribution in [0.25, 0.3) is 0 Å². The Hall–Kier alpha value is -3.48. The molecule has 2 N–H and O–H groups in total. The van der Waals surface area contributed by atoms with Crippen molar-refractivity contribution < 1.29 is 9.18 Å². The Balaban J connectivity index is 1.44. The lowest BCUT2D eigenvalue weighted by Crippen LogP contribution is -2.27. The summed E-state index contributed by atoms with van der Waals surface area (Å²) >= 11 is 0. The zero-order chi connectivity index (χ0) is 21.3. The van der Waals surface area contributed by atoms with E-state index < -0.39 is 5.41 Å². The second kappa shape index (κ2) is 7.74. The van der Waals surface area contributed by atoms with Crippen LogP contribution in [-0.4, -0.2) is 30.0 Å². The number of halogens is 1. The van der Waals surface area contributed by atoms with Gasteiger partial charge in [0, 0.05) is 31.5 Å². The third-order valence-corrected chi connectivity index (χ3v) is 5.28. The lowest BCUT2D eigenvalue weighted by Gasteiger charge is -2.16. The molecule has 3 aromatic rings. The Morgan fingerprint density at radius 3 is 2.23 bits per heavy atom. The number of carbonyl (C=O) groups is 1. The molecule has 0 spiro atoms. The van der Waals surface area contributed by atoms with Crippen LogP contribution in [-0.2, 0) is 10.2 Å². The molecule has 0 atom stereocenters. The van der Waals surface area contributed by atoms with Crippen molar-refractivity contribution in [1.82, 2.24) is 9.97 Å². The first-order valence-corrected chi connectivity index (χ1v) is 9.83. The highest BCUT2D eigenvalue weighted by molar-refractivity contribution is 6.01. The molecule has 154 valence electrons. The molecular formula is C23H24FN5O. The molecule has 1 aromatic heterocycles. The second-order valence-corrected chi connectivity index (χ2v) is 7.80. The van der Waals surface area contributed by atoms with Gasteiger partial charge in [0.05, 0.1) is 5.41 Å². The Morgan fingerprint density at radius 2 is 1.63 bits per heavy atom. The second-order valence-electron chi connectivity index (χ2n) is 7.80. The van der Waals surface area contributed by atoms with Crippen molar-refractivity contribution in [2.45, 2.75) is 25.2 Å². The molecular weight excluding hydrogens is 381 g/mol. The van der Waals surface area contributed by atoms with Gasteiger partial charge < -0.3 is 15.5 Å². The summed E-state index contributed by atoms with van der Waals surface area (Å²) in [5, 5.41) is 6.26. The van der Waals surface area contributed by atoms with Crippen LogP contribution in [0, 0.1) is 12.7 Å². The summed E-state index contributed by atoms with van der Waals surface area (Å²) in [7, 11) is 3.86. The number of hydrogen-bond acceptors (Lipinski definition) is 5. The summed E-state index contributed by atoms with van der Waals surface area (Å²) in [5.41, 5.74) is 1.88. The molecule has 0 aliphatic heterocycles. The topological polar surface area (TPSA) is 70.2 Å². The molecule has 1 amide bonds. The summed E-state index contributed by atoms with van der Waals surface area (Å²) in [6.07, 6.45) is 1.54. The Labute approximate surface area is 175 Å². The zero-order valence-corrected chi connectivity index (χ0v) is 17.2. The molecule has 6 nitrogen and oxygen atoms in total. The van der Waals surface area contributed by atoms with Gasteiger partial charge in [-0.3, -0.25) is 4.79 Å². The summed E-state index contributed by atoms with van der Waals surface area (Å²) in [4.78, 5) is 23.6. The molecule has 1 fully saturated rings. The van der Waals surface area contributed by atoms with Gasteiger partial charge in [0.15, 0.2) is 0 Å². The maximum absolute atomic E-state index is 13.2. The van der Waals surface area contributed by atoms with Crippen molar-refractivity contribution in [2.24, 2.45) is 0 Å². The quantitative estimate of drug-likeness (QED) is 0.636. The number of amides is 1. The number of nitrogens with zero attached hydrogens (tertiary/aromatic N) is 3. The average Bonchev–Trinajstić information content (AvgIpc) is 3.51. The molecule has 1 saturated carbocycles. The fourth-order valence-electron chi connectivity index (χ4n) is 3.42. The number of aryl methyl sites for hydroxylation is 1. The summed E-state index contributed by atoms with van der Waals surface area (Å²) in [6, 6.07) is 15.5.